The largest absolute Gasteiger partial charge is 0.298 e. The van der Waals surface area contributed by atoms with Crippen LogP contribution < -0.4 is 0 Å². The van der Waals surface area contributed by atoms with Crippen molar-refractivity contribution in [2.75, 3.05) is 0 Å². The van der Waals surface area contributed by atoms with Gasteiger partial charge in [0.25, 0.3) is 0 Å². The Bertz CT molecular complexity index is 248. The predicted octanol–water partition coefficient (Wildman–Crippen LogP) is 3.86. The molecule has 0 heterocycles. The van der Waals surface area contributed by atoms with E-state index in [0.29, 0.717) is 6.42 Å². The molecule has 0 aliphatic heterocycles. The van der Waals surface area contributed by atoms with E-state index < -0.39 is 0 Å². The van der Waals surface area contributed by atoms with Crippen LogP contribution in [-0.2, 0) is 4.79 Å². The summed E-state index contributed by atoms with van der Waals surface area (Å²) in [6.07, 6.45) is 9.90. The number of carbonyl (C=O) groups excluding carboxylic acids is 1. The summed E-state index contributed by atoms with van der Waals surface area (Å²) in [5.41, 5.74) is 0. The number of hydrogen-bond acceptors (Lipinski definition) is 2. The van der Waals surface area contributed by atoms with Gasteiger partial charge in [-0.3, -0.25) is 4.79 Å². The van der Waals surface area contributed by atoms with Crippen LogP contribution in [0.3, 0.4) is 0 Å². The molecular formula is C14H23NO. The summed E-state index contributed by atoms with van der Waals surface area (Å²) >= 11 is 0. The highest BCUT2D eigenvalue weighted by Gasteiger charge is 2.19. The number of hydrogen-bond donors (Lipinski definition) is 0. The van der Waals surface area contributed by atoms with E-state index >= 15 is 0 Å². The Morgan fingerprint density at radius 1 is 1.38 bits per heavy atom. The summed E-state index contributed by atoms with van der Waals surface area (Å²) in [4.78, 5) is 11.8. The molecule has 0 spiro atoms. The summed E-state index contributed by atoms with van der Waals surface area (Å²) in [5.74, 6) is 0.585. The van der Waals surface area contributed by atoms with Gasteiger partial charge in [0.05, 0.1) is 6.07 Å². The Morgan fingerprint density at radius 3 is 2.62 bits per heavy atom. The molecule has 0 N–H and O–H groups in total. The van der Waals surface area contributed by atoms with Crippen molar-refractivity contribution in [3.05, 3.63) is 0 Å². The van der Waals surface area contributed by atoms with E-state index in [4.69, 9.17) is 5.26 Å². The van der Waals surface area contributed by atoms with Crippen molar-refractivity contribution in [3.8, 4) is 6.07 Å². The smallest absolute Gasteiger partial charge is 0.150 e. The van der Waals surface area contributed by atoms with Gasteiger partial charge in [0.2, 0.25) is 0 Å². The summed E-state index contributed by atoms with van der Waals surface area (Å²) in [6.45, 7) is 2.03. The van der Waals surface area contributed by atoms with Crippen molar-refractivity contribution in [1.82, 2.24) is 0 Å². The van der Waals surface area contributed by atoms with Crippen LogP contribution in [0.1, 0.15) is 64.7 Å². The number of carbonyl (C=O) groups is 1. The van der Waals surface area contributed by atoms with Gasteiger partial charge in [-0.1, -0.05) is 45.4 Å². The fourth-order valence-electron chi connectivity index (χ4n) is 2.58. The van der Waals surface area contributed by atoms with Crippen molar-refractivity contribution in [3.63, 3.8) is 0 Å². The summed E-state index contributed by atoms with van der Waals surface area (Å²) in [5, 5.41) is 8.89. The van der Waals surface area contributed by atoms with Gasteiger partial charge < -0.3 is 0 Å². The highest BCUT2D eigenvalue weighted by molar-refractivity contribution is 5.83. The monoisotopic (exact) mass is 221 g/mol. The van der Waals surface area contributed by atoms with E-state index in [1.54, 1.807) is 0 Å². The average molecular weight is 221 g/mol. The second kappa shape index (κ2) is 7.44. The van der Waals surface area contributed by atoms with Crippen molar-refractivity contribution < 1.29 is 4.79 Å². The second-order valence-corrected chi connectivity index (χ2v) is 4.98. The van der Waals surface area contributed by atoms with Gasteiger partial charge in [0.1, 0.15) is 11.7 Å². The first kappa shape index (κ1) is 13.2. The number of ketones is 1. The molecule has 0 bridgehead atoms. The lowest BCUT2D eigenvalue weighted by Gasteiger charge is -2.21. The molecule has 1 atom stereocenters. The molecule has 16 heavy (non-hydrogen) atoms. The molecule has 1 fully saturated rings. The van der Waals surface area contributed by atoms with Gasteiger partial charge >= 0.3 is 0 Å². The molecule has 1 saturated carbocycles. The van der Waals surface area contributed by atoms with Gasteiger partial charge in [0, 0.05) is 6.42 Å². The zero-order chi connectivity index (χ0) is 11.8. The number of nitrogens with zero attached hydrogens (tertiary/aromatic N) is 1. The van der Waals surface area contributed by atoms with Crippen molar-refractivity contribution >= 4 is 5.78 Å². The van der Waals surface area contributed by atoms with Crippen LogP contribution in [-0.4, -0.2) is 5.78 Å². The molecule has 0 saturated heterocycles. The third-order valence-electron chi connectivity index (χ3n) is 3.65. The standard InChI is InChI=1S/C14H23NO/c1-2-6-13(11-15)14(16)10-9-12-7-4-3-5-8-12/h12-13H,2-10H2,1H3. The van der Waals surface area contributed by atoms with Crippen LogP contribution in [0.25, 0.3) is 0 Å². The molecule has 0 aromatic carbocycles. The van der Waals surface area contributed by atoms with Gasteiger partial charge in [0.15, 0.2) is 0 Å². The van der Waals surface area contributed by atoms with Gasteiger partial charge in [-0.15, -0.1) is 0 Å². The first-order chi connectivity index (χ1) is 7.77. The lowest BCUT2D eigenvalue weighted by Crippen LogP contribution is -2.15. The molecule has 0 radical (unpaired) electrons. The van der Waals surface area contributed by atoms with Crippen LogP contribution in [0, 0.1) is 23.2 Å². The summed E-state index contributed by atoms with van der Waals surface area (Å²) < 4.78 is 0. The van der Waals surface area contributed by atoms with Crippen LogP contribution in [0.4, 0.5) is 0 Å². The molecule has 0 amide bonds. The third kappa shape index (κ3) is 4.35. The highest BCUT2D eigenvalue weighted by Crippen LogP contribution is 2.28. The van der Waals surface area contributed by atoms with Crippen molar-refractivity contribution in [2.24, 2.45) is 11.8 Å². The third-order valence-corrected chi connectivity index (χ3v) is 3.65. The van der Waals surface area contributed by atoms with E-state index in [-0.39, 0.29) is 11.7 Å². The summed E-state index contributed by atoms with van der Waals surface area (Å²) in [7, 11) is 0. The van der Waals surface area contributed by atoms with Gasteiger partial charge in [-0.05, 0) is 18.8 Å². The maximum Gasteiger partial charge on any atom is 0.150 e. The van der Waals surface area contributed by atoms with E-state index in [2.05, 4.69) is 6.07 Å². The molecule has 90 valence electrons. The van der Waals surface area contributed by atoms with E-state index in [1.807, 2.05) is 6.92 Å². The van der Waals surface area contributed by atoms with Crippen molar-refractivity contribution in [2.45, 2.75) is 64.7 Å². The highest BCUT2D eigenvalue weighted by atomic mass is 16.1. The fourth-order valence-corrected chi connectivity index (χ4v) is 2.58. The summed E-state index contributed by atoms with van der Waals surface area (Å²) in [6, 6.07) is 2.14. The maximum atomic E-state index is 11.8. The van der Waals surface area contributed by atoms with Crippen LogP contribution in [0.5, 0.6) is 0 Å². The van der Waals surface area contributed by atoms with Crippen LogP contribution in [0.2, 0.25) is 0 Å². The molecule has 2 nitrogen and oxygen atoms in total. The van der Waals surface area contributed by atoms with E-state index in [1.165, 1.54) is 32.1 Å². The molecule has 1 rings (SSSR count). The molecular weight excluding hydrogens is 198 g/mol. The Balaban J connectivity index is 2.25. The van der Waals surface area contributed by atoms with Gasteiger partial charge in [-0.2, -0.15) is 5.26 Å². The van der Waals surface area contributed by atoms with Crippen LogP contribution in [0.15, 0.2) is 0 Å². The number of nitriles is 1. The second-order valence-electron chi connectivity index (χ2n) is 4.98. The number of rotatable bonds is 6. The first-order valence-corrected chi connectivity index (χ1v) is 6.70. The molecule has 1 aliphatic carbocycles. The topological polar surface area (TPSA) is 40.9 Å². The Labute approximate surface area is 99.0 Å². The molecule has 2 heteroatoms. The minimum atomic E-state index is -0.339. The zero-order valence-electron chi connectivity index (χ0n) is 10.4. The van der Waals surface area contributed by atoms with E-state index in [9.17, 15) is 4.79 Å². The predicted molar refractivity (Wildman–Crippen MR) is 64.8 cm³/mol. The Kier molecular flexibility index (Phi) is 6.15. The fraction of sp³-hybridized carbons (Fsp3) is 0.857. The molecule has 1 aliphatic rings. The Hall–Kier alpha value is -0.840. The lowest BCUT2D eigenvalue weighted by atomic mass is 9.84. The SMILES string of the molecule is CCCC(C#N)C(=O)CCC1CCCCC1. The molecule has 0 aromatic heterocycles. The minimum absolute atomic E-state index is 0.176. The number of Topliss-reactive ketones (excluding diaryl/α,β-unsaturated/α-hetero) is 1. The van der Waals surface area contributed by atoms with Crippen molar-refractivity contribution in [1.29, 1.82) is 5.26 Å². The van der Waals surface area contributed by atoms with Gasteiger partial charge in [-0.25, -0.2) is 0 Å². The zero-order valence-corrected chi connectivity index (χ0v) is 10.4. The quantitative estimate of drug-likeness (QED) is 0.683. The maximum absolute atomic E-state index is 11.8. The van der Waals surface area contributed by atoms with E-state index in [0.717, 1.165) is 25.2 Å². The first-order valence-electron chi connectivity index (χ1n) is 6.70. The molecule has 0 aromatic rings. The van der Waals surface area contributed by atoms with Crippen LogP contribution >= 0.6 is 0 Å². The Morgan fingerprint density at radius 2 is 2.06 bits per heavy atom. The lowest BCUT2D eigenvalue weighted by molar-refractivity contribution is -0.121. The minimum Gasteiger partial charge on any atom is -0.298 e. The molecule has 1 unspecified atom stereocenters. The average Bonchev–Trinajstić information content (AvgIpc) is 2.34. The normalized spacial score (nSPS) is 19.0.